The number of benzene rings is 1. The van der Waals surface area contributed by atoms with Crippen LogP contribution in [-0.2, 0) is 11.3 Å². The summed E-state index contributed by atoms with van der Waals surface area (Å²) in [6.07, 6.45) is 10.7. The fourth-order valence-electron chi connectivity index (χ4n) is 2.84. The lowest BCUT2D eigenvalue weighted by Crippen LogP contribution is -2.28. The number of nitrogens with one attached hydrogen (secondary N) is 1. The molecule has 0 saturated heterocycles. The normalized spacial score (nSPS) is 9.97. The Morgan fingerprint density at radius 2 is 1.88 bits per heavy atom. The molecule has 3 aromatic heterocycles. The molecule has 1 aromatic carbocycles. The zero-order chi connectivity index (χ0) is 22.8. The fourth-order valence-corrected chi connectivity index (χ4v) is 3.31. The molecule has 0 saturated carbocycles. The molecule has 0 aliphatic carbocycles. The van der Waals surface area contributed by atoms with Crippen molar-refractivity contribution < 1.29 is 9.82 Å². The van der Waals surface area contributed by atoms with Gasteiger partial charge in [0.15, 0.2) is 0 Å². The molecule has 3 heterocycles. The van der Waals surface area contributed by atoms with Gasteiger partial charge in [0.05, 0.1) is 24.8 Å². The molecular formula is C20H19B2BrN7O2. The van der Waals surface area contributed by atoms with E-state index in [2.05, 4.69) is 52.6 Å². The van der Waals surface area contributed by atoms with Crippen molar-refractivity contribution in [1.82, 2.24) is 25.4 Å². The van der Waals surface area contributed by atoms with Crippen molar-refractivity contribution in [3.05, 3.63) is 77.5 Å². The summed E-state index contributed by atoms with van der Waals surface area (Å²) in [5.41, 5.74) is 2.66. The molecule has 159 valence electrons. The predicted octanol–water partition coefficient (Wildman–Crippen LogP) is 2.60. The van der Waals surface area contributed by atoms with Crippen LogP contribution in [0.25, 0.3) is 10.8 Å². The molecule has 12 heteroatoms. The van der Waals surface area contributed by atoms with Crippen LogP contribution in [-0.4, -0.2) is 51.1 Å². The highest BCUT2D eigenvalue weighted by atomic mass is 79.9. The highest BCUT2D eigenvalue weighted by molar-refractivity contribution is 9.10. The van der Waals surface area contributed by atoms with Crippen LogP contribution in [0, 0.1) is 0 Å². The maximum atomic E-state index is 10.9. The number of hydrogen-bond donors (Lipinski definition) is 2. The first-order valence-corrected chi connectivity index (χ1v) is 10.4. The minimum Gasteiger partial charge on any atom is -0.433 e. The molecule has 0 spiro atoms. The molecule has 32 heavy (non-hydrogen) atoms. The summed E-state index contributed by atoms with van der Waals surface area (Å²) in [5.74, 6) is 0. The maximum Gasteiger partial charge on any atom is 0.406 e. The number of aromatic nitrogens is 5. The lowest BCUT2D eigenvalue weighted by Gasteiger charge is -2.21. The molecule has 0 aliphatic rings. The highest BCUT2D eigenvalue weighted by Crippen LogP contribution is 2.24. The first-order valence-electron chi connectivity index (χ1n) is 9.62. The van der Waals surface area contributed by atoms with E-state index in [0.717, 1.165) is 38.4 Å². The topological polar surface area (TPSA) is 117 Å². The number of carbonyl (C=O) groups excluding carboxylic acids is 1. The Labute approximate surface area is 194 Å². The Balaban J connectivity index is 0.000000243. The molecule has 2 N–H and O–H groups in total. The fraction of sp³-hybridized carbons (Fsp3) is 0.100. The third-order valence-corrected chi connectivity index (χ3v) is 4.86. The number of anilines is 2. The zero-order valence-electron chi connectivity index (χ0n) is 17.2. The number of fused-ring (bicyclic) bond motifs is 1. The van der Waals surface area contributed by atoms with E-state index in [-0.39, 0.29) is 0 Å². The van der Waals surface area contributed by atoms with Crippen molar-refractivity contribution in [2.75, 3.05) is 10.0 Å². The zero-order valence-corrected chi connectivity index (χ0v) is 18.8. The van der Waals surface area contributed by atoms with Crippen LogP contribution in [0.5, 0.6) is 0 Å². The van der Waals surface area contributed by atoms with Gasteiger partial charge in [-0.15, -0.1) is 0 Å². The van der Waals surface area contributed by atoms with E-state index >= 15 is 0 Å². The third-order valence-electron chi connectivity index (χ3n) is 4.23. The summed E-state index contributed by atoms with van der Waals surface area (Å²) in [6.45, 7) is 2.20. The first kappa shape index (κ1) is 23.3. The third kappa shape index (κ3) is 6.82. The predicted molar refractivity (Wildman–Crippen MR) is 130 cm³/mol. The van der Waals surface area contributed by atoms with Crippen LogP contribution < -0.4 is 10.0 Å². The number of rotatable bonds is 7. The SMILES string of the molecule is CB(O)Nc1ccnnc1.O=C[B]N(Cc1ccc2cncc(Br)c2c1)c1ccnnc1. The molecule has 0 fully saturated rings. The summed E-state index contributed by atoms with van der Waals surface area (Å²) >= 11 is 3.51. The minimum absolute atomic E-state index is 0.552. The van der Waals surface area contributed by atoms with E-state index in [4.69, 9.17) is 5.02 Å². The van der Waals surface area contributed by atoms with Crippen molar-refractivity contribution in [1.29, 1.82) is 0 Å². The summed E-state index contributed by atoms with van der Waals surface area (Å²) in [4.78, 5) is 16.9. The average Bonchev–Trinajstić information content (AvgIpc) is 2.81. The van der Waals surface area contributed by atoms with E-state index in [1.165, 1.54) is 7.41 Å². The quantitative estimate of drug-likeness (QED) is 0.297. The molecule has 0 atom stereocenters. The second kappa shape index (κ2) is 11.9. The van der Waals surface area contributed by atoms with Gasteiger partial charge in [-0.1, -0.05) is 12.1 Å². The smallest absolute Gasteiger partial charge is 0.406 e. The average molecular weight is 491 g/mol. The molecule has 0 unspecified atom stereocenters. The van der Waals surface area contributed by atoms with Gasteiger partial charge >= 0.3 is 14.5 Å². The number of halogens is 1. The highest BCUT2D eigenvalue weighted by Gasteiger charge is 2.10. The second-order valence-corrected chi connectivity index (χ2v) is 7.50. The van der Waals surface area contributed by atoms with E-state index < -0.39 is 7.05 Å². The second-order valence-electron chi connectivity index (χ2n) is 6.64. The Bertz CT molecular complexity index is 1140. The van der Waals surface area contributed by atoms with Crippen LogP contribution in [0.2, 0.25) is 6.82 Å². The number of hydrogen-bond acceptors (Lipinski definition) is 9. The largest absolute Gasteiger partial charge is 0.433 e. The van der Waals surface area contributed by atoms with Crippen molar-refractivity contribution in [3.63, 3.8) is 0 Å². The van der Waals surface area contributed by atoms with Crippen molar-refractivity contribution in [2.24, 2.45) is 0 Å². The first-order chi connectivity index (χ1) is 15.6. The molecule has 0 bridgehead atoms. The van der Waals surface area contributed by atoms with Crippen molar-refractivity contribution >= 4 is 58.7 Å². The number of pyridine rings is 1. The van der Waals surface area contributed by atoms with E-state index in [1.807, 2.05) is 29.2 Å². The molecule has 9 nitrogen and oxygen atoms in total. The van der Waals surface area contributed by atoms with Gasteiger partial charge in [-0.2, -0.15) is 20.4 Å². The van der Waals surface area contributed by atoms with Crippen molar-refractivity contribution in [3.8, 4) is 0 Å². The molecular weight excluding hydrogens is 472 g/mol. The molecule has 4 aromatic rings. The number of nitrogens with zero attached hydrogens (tertiary/aromatic N) is 6. The molecule has 1 radical (unpaired) electrons. The lowest BCUT2D eigenvalue weighted by atomic mass is 9.89. The maximum absolute atomic E-state index is 10.9. The van der Waals surface area contributed by atoms with Gasteiger partial charge in [0, 0.05) is 40.2 Å². The summed E-state index contributed by atoms with van der Waals surface area (Å²) in [5, 5.41) is 28.6. The Morgan fingerprint density at radius 1 is 1.09 bits per heavy atom. The summed E-state index contributed by atoms with van der Waals surface area (Å²) in [6, 6.07) is 9.68. The van der Waals surface area contributed by atoms with E-state index in [0.29, 0.717) is 6.54 Å². The van der Waals surface area contributed by atoms with Crippen LogP contribution in [0.3, 0.4) is 0 Å². The monoisotopic (exact) mass is 490 g/mol. The Kier molecular flexibility index (Phi) is 8.64. The van der Waals surface area contributed by atoms with Crippen molar-refractivity contribution in [2.45, 2.75) is 13.4 Å². The van der Waals surface area contributed by atoms with Gasteiger partial charge in [0.2, 0.25) is 0 Å². The standard InChI is InChI=1S/C15H11BBrN4O.C5H8BN3O/c17-15-8-18-6-12-2-1-11(5-14(12)15)9-21(16-10-22)13-3-4-19-20-7-13;1-6(10)9-5-2-3-7-8-4-5/h1-8,10H,9H2;2-4,10H,1H3,(H,7,9). The van der Waals surface area contributed by atoms with Crippen LogP contribution in [0.4, 0.5) is 11.4 Å². The lowest BCUT2D eigenvalue weighted by molar-refractivity contribution is 0.568. The molecule has 4 rings (SSSR count). The Morgan fingerprint density at radius 3 is 2.53 bits per heavy atom. The van der Waals surface area contributed by atoms with Crippen LogP contribution in [0.1, 0.15) is 5.56 Å². The van der Waals surface area contributed by atoms with Gasteiger partial charge in [0.25, 0.3) is 0 Å². The van der Waals surface area contributed by atoms with E-state index in [9.17, 15) is 4.79 Å². The molecule has 0 aliphatic heterocycles. The minimum atomic E-state index is -0.552. The number of carbonyl (C=O) groups is 1. The van der Waals surface area contributed by atoms with Crippen LogP contribution in [0.15, 0.2) is 72.0 Å². The van der Waals surface area contributed by atoms with Gasteiger partial charge in [-0.05, 0) is 51.9 Å². The molecule has 0 amide bonds. The Hall–Kier alpha value is -3.37. The van der Waals surface area contributed by atoms with Gasteiger partial charge in [0.1, 0.15) is 6.19 Å². The summed E-state index contributed by atoms with van der Waals surface area (Å²) in [7, 11) is 0.937. The van der Waals surface area contributed by atoms with Crippen LogP contribution >= 0.6 is 15.9 Å². The van der Waals surface area contributed by atoms with Gasteiger partial charge in [-0.25, -0.2) is 0 Å². The van der Waals surface area contributed by atoms with E-state index in [1.54, 1.807) is 43.9 Å². The van der Waals surface area contributed by atoms with Gasteiger partial charge < -0.3 is 19.9 Å². The van der Waals surface area contributed by atoms with Gasteiger partial charge in [-0.3, -0.25) is 4.98 Å². The summed E-state index contributed by atoms with van der Waals surface area (Å²) < 4.78 is 0.948.